The minimum Gasteiger partial charge on any atom is -0.378 e. The SMILES string of the molecule is Cc1cc(Cl)nc(Cl)c1NCc1c(Cl)ccc(Cl)c1Cl. The maximum Gasteiger partial charge on any atom is 0.154 e. The third kappa shape index (κ3) is 3.44. The van der Waals surface area contributed by atoms with Crippen LogP contribution in [0.2, 0.25) is 25.4 Å². The molecule has 0 aliphatic heterocycles. The zero-order valence-corrected chi connectivity index (χ0v) is 14.1. The van der Waals surface area contributed by atoms with E-state index in [1.165, 1.54) is 0 Å². The van der Waals surface area contributed by atoms with Gasteiger partial charge in [0.1, 0.15) is 5.15 Å². The maximum atomic E-state index is 6.14. The summed E-state index contributed by atoms with van der Waals surface area (Å²) in [4.78, 5) is 3.99. The fraction of sp³-hybridized carbons (Fsp3) is 0.154. The second-order valence-electron chi connectivity index (χ2n) is 4.10. The van der Waals surface area contributed by atoms with E-state index in [0.29, 0.717) is 43.2 Å². The van der Waals surface area contributed by atoms with E-state index in [9.17, 15) is 0 Å². The van der Waals surface area contributed by atoms with E-state index in [4.69, 9.17) is 58.0 Å². The Morgan fingerprint density at radius 3 is 2.35 bits per heavy atom. The average Bonchev–Trinajstić information content (AvgIpc) is 2.36. The molecular weight excluding hydrogens is 361 g/mol. The van der Waals surface area contributed by atoms with Gasteiger partial charge in [0.15, 0.2) is 5.15 Å². The van der Waals surface area contributed by atoms with Crippen molar-refractivity contribution in [3.8, 4) is 0 Å². The zero-order chi connectivity index (χ0) is 14.9. The molecule has 20 heavy (non-hydrogen) atoms. The van der Waals surface area contributed by atoms with Crippen LogP contribution in [0.15, 0.2) is 18.2 Å². The molecule has 0 atom stereocenters. The molecular formula is C13H9Cl5N2. The lowest BCUT2D eigenvalue weighted by Gasteiger charge is -2.13. The Labute approximate surface area is 142 Å². The molecule has 0 fully saturated rings. The van der Waals surface area contributed by atoms with Gasteiger partial charge in [0.2, 0.25) is 0 Å². The monoisotopic (exact) mass is 368 g/mol. The number of benzene rings is 1. The summed E-state index contributed by atoms with van der Waals surface area (Å²) < 4.78 is 0. The summed E-state index contributed by atoms with van der Waals surface area (Å²) in [7, 11) is 0. The van der Waals surface area contributed by atoms with Gasteiger partial charge in [0, 0.05) is 17.1 Å². The molecule has 1 heterocycles. The summed E-state index contributed by atoms with van der Waals surface area (Å²) in [5, 5.41) is 5.19. The molecule has 1 aromatic heterocycles. The summed E-state index contributed by atoms with van der Waals surface area (Å²) in [5.41, 5.74) is 2.26. The first kappa shape index (κ1) is 16.0. The highest BCUT2D eigenvalue weighted by molar-refractivity contribution is 6.44. The second-order valence-corrected chi connectivity index (χ2v) is 6.04. The van der Waals surface area contributed by atoms with Crippen molar-refractivity contribution in [2.75, 3.05) is 5.32 Å². The Hall–Kier alpha value is -0.380. The average molecular weight is 370 g/mol. The molecule has 0 saturated heterocycles. The zero-order valence-electron chi connectivity index (χ0n) is 10.3. The van der Waals surface area contributed by atoms with Gasteiger partial charge in [-0.3, -0.25) is 0 Å². The van der Waals surface area contributed by atoms with Gasteiger partial charge in [-0.15, -0.1) is 0 Å². The Bertz CT molecular complexity index is 634. The molecule has 2 nitrogen and oxygen atoms in total. The van der Waals surface area contributed by atoms with Crippen LogP contribution < -0.4 is 5.32 Å². The van der Waals surface area contributed by atoms with Crippen molar-refractivity contribution in [2.45, 2.75) is 13.5 Å². The van der Waals surface area contributed by atoms with E-state index in [0.717, 1.165) is 5.56 Å². The fourth-order valence-electron chi connectivity index (χ4n) is 1.72. The van der Waals surface area contributed by atoms with Crippen molar-refractivity contribution in [1.82, 2.24) is 4.98 Å². The van der Waals surface area contributed by atoms with Gasteiger partial charge < -0.3 is 5.32 Å². The van der Waals surface area contributed by atoms with Crippen LogP contribution in [-0.4, -0.2) is 4.98 Å². The molecule has 1 aromatic carbocycles. The van der Waals surface area contributed by atoms with E-state index in [1.807, 2.05) is 6.92 Å². The highest BCUT2D eigenvalue weighted by Gasteiger charge is 2.12. The van der Waals surface area contributed by atoms with Crippen LogP contribution in [0.5, 0.6) is 0 Å². The van der Waals surface area contributed by atoms with Crippen molar-refractivity contribution in [3.63, 3.8) is 0 Å². The van der Waals surface area contributed by atoms with E-state index in [2.05, 4.69) is 10.3 Å². The Kier molecular flexibility index (Phi) is 5.27. The van der Waals surface area contributed by atoms with Crippen molar-refractivity contribution < 1.29 is 0 Å². The number of aryl methyl sites for hydroxylation is 1. The summed E-state index contributed by atoms with van der Waals surface area (Å²) in [6, 6.07) is 5.07. The van der Waals surface area contributed by atoms with Gasteiger partial charge in [-0.2, -0.15) is 0 Å². The number of pyridine rings is 1. The van der Waals surface area contributed by atoms with Crippen molar-refractivity contribution in [2.24, 2.45) is 0 Å². The highest BCUT2D eigenvalue weighted by atomic mass is 35.5. The predicted molar refractivity (Wildman–Crippen MR) is 87.8 cm³/mol. The molecule has 0 aliphatic carbocycles. The normalized spacial score (nSPS) is 10.7. The summed E-state index contributed by atoms with van der Waals surface area (Å²) in [5.74, 6) is 0. The minimum absolute atomic E-state index is 0.296. The van der Waals surface area contributed by atoms with E-state index in [1.54, 1.807) is 18.2 Å². The van der Waals surface area contributed by atoms with E-state index < -0.39 is 0 Å². The number of hydrogen-bond donors (Lipinski definition) is 1. The first-order chi connectivity index (χ1) is 9.40. The number of nitrogens with zero attached hydrogens (tertiary/aromatic N) is 1. The van der Waals surface area contributed by atoms with Gasteiger partial charge in [-0.1, -0.05) is 58.0 Å². The molecule has 2 rings (SSSR count). The van der Waals surface area contributed by atoms with Crippen LogP contribution in [0.3, 0.4) is 0 Å². The van der Waals surface area contributed by atoms with Gasteiger partial charge in [0.05, 0.1) is 15.7 Å². The molecule has 0 saturated carbocycles. The molecule has 0 amide bonds. The highest BCUT2D eigenvalue weighted by Crippen LogP contribution is 2.33. The molecule has 0 radical (unpaired) electrons. The lowest BCUT2D eigenvalue weighted by atomic mass is 10.2. The minimum atomic E-state index is 0.296. The van der Waals surface area contributed by atoms with Gasteiger partial charge in [0.25, 0.3) is 0 Å². The van der Waals surface area contributed by atoms with Crippen LogP contribution in [0.4, 0.5) is 5.69 Å². The summed E-state index contributed by atoms with van der Waals surface area (Å²) in [6.07, 6.45) is 0. The molecule has 0 spiro atoms. The first-order valence-corrected chi connectivity index (χ1v) is 7.48. The summed E-state index contributed by atoms with van der Waals surface area (Å²) in [6.45, 7) is 2.26. The molecule has 0 aliphatic rings. The summed E-state index contributed by atoms with van der Waals surface area (Å²) >= 11 is 30.1. The smallest absolute Gasteiger partial charge is 0.154 e. The molecule has 106 valence electrons. The second kappa shape index (κ2) is 6.59. The maximum absolute atomic E-state index is 6.14. The van der Waals surface area contributed by atoms with E-state index >= 15 is 0 Å². The first-order valence-electron chi connectivity index (χ1n) is 5.59. The van der Waals surface area contributed by atoms with E-state index in [-0.39, 0.29) is 0 Å². The molecule has 7 heteroatoms. The lowest BCUT2D eigenvalue weighted by Crippen LogP contribution is -2.04. The van der Waals surface area contributed by atoms with Crippen LogP contribution in [-0.2, 0) is 6.54 Å². The van der Waals surface area contributed by atoms with Gasteiger partial charge in [-0.05, 0) is 30.7 Å². The fourth-order valence-corrected chi connectivity index (χ4v) is 3.00. The molecule has 0 bridgehead atoms. The topological polar surface area (TPSA) is 24.9 Å². The van der Waals surface area contributed by atoms with Crippen LogP contribution in [0.25, 0.3) is 0 Å². The largest absolute Gasteiger partial charge is 0.378 e. The quantitative estimate of drug-likeness (QED) is 0.509. The molecule has 1 N–H and O–H groups in total. The number of aromatic nitrogens is 1. The van der Waals surface area contributed by atoms with Crippen LogP contribution >= 0.6 is 58.0 Å². The predicted octanol–water partition coefficient (Wildman–Crippen LogP) is 6.27. The third-order valence-corrected chi connectivity index (χ3v) is 4.39. The van der Waals surface area contributed by atoms with Crippen molar-refractivity contribution in [1.29, 1.82) is 0 Å². The molecule has 0 unspecified atom stereocenters. The number of rotatable bonds is 3. The van der Waals surface area contributed by atoms with Crippen LogP contribution in [0.1, 0.15) is 11.1 Å². The standard InChI is InChI=1S/C13H9Cl5N2/c1-6-4-10(16)20-13(18)12(6)19-5-7-8(14)2-3-9(15)11(7)17/h2-4,19H,5H2,1H3. The number of anilines is 1. The van der Waals surface area contributed by atoms with Crippen molar-refractivity contribution >= 4 is 63.7 Å². The molecule has 2 aromatic rings. The van der Waals surface area contributed by atoms with Gasteiger partial charge >= 0.3 is 0 Å². The third-order valence-electron chi connectivity index (χ3n) is 2.72. The Morgan fingerprint density at radius 1 is 1.05 bits per heavy atom. The number of halogens is 5. The van der Waals surface area contributed by atoms with Gasteiger partial charge in [-0.25, -0.2) is 4.98 Å². The lowest BCUT2D eigenvalue weighted by molar-refractivity contribution is 1.12. The number of hydrogen-bond acceptors (Lipinski definition) is 2. The number of nitrogens with one attached hydrogen (secondary N) is 1. The Balaban J connectivity index is 2.28. The Morgan fingerprint density at radius 2 is 1.70 bits per heavy atom. The van der Waals surface area contributed by atoms with Crippen LogP contribution in [0, 0.1) is 6.92 Å². The van der Waals surface area contributed by atoms with Crippen molar-refractivity contribution in [3.05, 3.63) is 54.7 Å².